The van der Waals surface area contributed by atoms with Crippen LogP contribution < -0.4 is 5.43 Å². The van der Waals surface area contributed by atoms with E-state index in [1.54, 1.807) is 0 Å². The number of hydrogen-bond donors (Lipinski definition) is 1. The van der Waals surface area contributed by atoms with Crippen LogP contribution in [0, 0.1) is 6.92 Å². The number of aromatic nitrogens is 2. The zero-order valence-electron chi connectivity index (χ0n) is 16.6. The Balaban J connectivity index is 1.56. The molecule has 1 fully saturated rings. The van der Waals surface area contributed by atoms with Crippen LogP contribution in [0.25, 0.3) is 10.9 Å². The summed E-state index contributed by atoms with van der Waals surface area (Å²) in [5, 5.41) is 5.56. The number of rotatable bonds is 6. The summed E-state index contributed by atoms with van der Waals surface area (Å²) >= 11 is 0. The number of carbonyl (C=O) groups is 1. The minimum atomic E-state index is 0.204. The van der Waals surface area contributed by atoms with Crippen molar-refractivity contribution in [3.05, 3.63) is 66.0 Å². The molecule has 29 heavy (non-hydrogen) atoms. The molecule has 2 aromatic carbocycles. The van der Waals surface area contributed by atoms with Crippen LogP contribution in [0.2, 0.25) is 0 Å². The Morgan fingerprint density at radius 2 is 1.79 bits per heavy atom. The summed E-state index contributed by atoms with van der Waals surface area (Å²) in [6, 6.07) is 16.0. The number of fused-ring (bicyclic) bond motifs is 1. The number of nitrogens with one attached hydrogen (secondary N) is 1. The van der Waals surface area contributed by atoms with Crippen LogP contribution in [0.4, 0.5) is 5.82 Å². The predicted molar refractivity (Wildman–Crippen MR) is 116 cm³/mol. The van der Waals surface area contributed by atoms with E-state index in [0.29, 0.717) is 18.7 Å². The number of amides is 1. The highest BCUT2D eigenvalue weighted by Crippen LogP contribution is 2.19. The number of para-hydroxylation sites is 1. The maximum Gasteiger partial charge on any atom is 0.222 e. The number of likely N-dealkylation sites (tertiary alicyclic amines) is 1. The molecule has 148 valence electrons. The van der Waals surface area contributed by atoms with Gasteiger partial charge in [-0.2, -0.15) is 5.10 Å². The summed E-state index contributed by atoms with van der Waals surface area (Å²) in [6.07, 6.45) is 4.77. The van der Waals surface area contributed by atoms with Gasteiger partial charge in [0.1, 0.15) is 6.33 Å². The van der Waals surface area contributed by atoms with E-state index in [-0.39, 0.29) is 5.91 Å². The molecule has 3 aromatic rings. The van der Waals surface area contributed by atoms with Crippen LogP contribution in [-0.4, -0.2) is 39.6 Å². The molecular formula is C23H25N5O. The van der Waals surface area contributed by atoms with E-state index >= 15 is 0 Å². The fraction of sp³-hybridized carbons (Fsp3) is 0.304. The SMILES string of the molecule is Cc1ccc(C(CCC(=O)N2CCCC2)=NNc2ncnc3ccccc23)cc1. The Bertz CT molecular complexity index is 1020. The zero-order chi connectivity index (χ0) is 20.1. The lowest BCUT2D eigenvalue weighted by Gasteiger charge is -2.15. The average Bonchev–Trinajstić information content (AvgIpc) is 3.29. The van der Waals surface area contributed by atoms with Crippen molar-refractivity contribution in [2.45, 2.75) is 32.6 Å². The smallest absolute Gasteiger partial charge is 0.222 e. The topological polar surface area (TPSA) is 70.5 Å². The van der Waals surface area contributed by atoms with E-state index in [9.17, 15) is 4.79 Å². The summed E-state index contributed by atoms with van der Waals surface area (Å²) in [4.78, 5) is 23.1. The lowest BCUT2D eigenvalue weighted by molar-refractivity contribution is -0.129. The van der Waals surface area contributed by atoms with Crippen molar-refractivity contribution in [1.29, 1.82) is 0 Å². The second-order valence-corrected chi connectivity index (χ2v) is 7.36. The largest absolute Gasteiger partial charge is 0.343 e. The number of aryl methyl sites for hydroxylation is 1. The van der Waals surface area contributed by atoms with Crippen LogP contribution in [0.1, 0.15) is 36.8 Å². The van der Waals surface area contributed by atoms with Gasteiger partial charge in [0.2, 0.25) is 5.91 Å². The summed E-state index contributed by atoms with van der Waals surface area (Å²) in [7, 11) is 0. The van der Waals surface area contributed by atoms with Gasteiger partial charge >= 0.3 is 0 Å². The fourth-order valence-corrected chi connectivity index (χ4v) is 3.58. The molecule has 2 heterocycles. The molecule has 0 aliphatic carbocycles. The molecule has 1 amide bonds. The second kappa shape index (κ2) is 8.82. The number of benzene rings is 2. The lowest BCUT2D eigenvalue weighted by atomic mass is 10.0. The van der Waals surface area contributed by atoms with Crippen molar-refractivity contribution >= 4 is 28.3 Å². The minimum absolute atomic E-state index is 0.204. The van der Waals surface area contributed by atoms with Gasteiger partial charge in [0.05, 0.1) is 11.2 Å². The van der Waals surface area contributed by atoms with Crippen LogP contribution >= 0.6 is 0 Å². The fourth-order valence-electron chi connectivity index (χ4n) is 3.58. The van der Waals surface area contributed by atoms with Crippen molar-refractivity contribution in [2.75, 3.05) is 18.5 Å². The maximum absolute atomic E-state index is 12.5. The van der Waals surface area contributed by atoms with E-state index in [2.05, 4.69) is 39.6 Å². The summed E-state index contributed by atoms with van der Waals surface area (Å²) < 4.78 is 0. The van der Waals surface area contributed by atoms with E-state index in [4.69, 9.17) is 0 Å². The van der Waals surface area contributed by atoms with E-state index in [0.717, 1.165) is 48.1 Å². The summed E-state index contributed by atoms with van der Waals surface area (Å²) in [5.74, 6) is 0.862. The van der Waals surface area contributed by atoms with Gasteiger partial charge in [-0.05, 0) is 37.5 Å². The third-order valence-electron chi connectivity index (χ3n) is 5.26. The highest BCUT2D eigenvalue weighted by Gasteiger charge is 2.18. The standard InChI is InChI=1S/C23H25N5O/c1-17-8-10-18(11-9-17)20(12-13-22(29)28-14-4-5-15-28)26-27-23-19-6-2-3-7-21(19)24-16-25-23/h2-3,6-11,16H,4-5,12-15H2,1H3,(H,24,25,27). The van der Waals surface area contributed by atoms with Crippen LogP contribution in [-0.2, 0) is 4.79 Å². The van der Waals surface area contributed by atoms with Gasteiger partial charge in [-0.3, -0.25) is 10.2 Å². The van der Waals surface area contributed by atoms with Crippen molar-refractivity contribution in [3.63, 3.8) is 0 Å². The van der Waals surface area contributed by atoms with Gasteiger partial charge in [-0.1, -0.05) is 42.0 Å². The highest BCUT2D eigenvalue weighted by molar-refractivity contribution is 6.02. The van der Waals surface area contributed by atoms with E-state index in [1.165, 1.54) is 11.9 Å². The van der Waals surface area contributed by atoms with Gasteiger partial charge in [-0.25, -0.2) is 9.97 Å². The molecule has 0 atom stereocenters. The molecule has 0 bridgehead atoms. The molecule has 1 aromatic heterocycles. The first-order chi connectivity index (χ1) is 14.2. The molecule has 0 unspecified atom stereocenters. The van der Waals surface area contributed by atoms with Crippen LogP contribution in [0.15, 0.2) is 60.0 Å². The Hall–Kier alpha value is -3.28. The molecule has 4 rings (SSSR count). The number of carbonyl (C=O) groups excluding carboxylic acids is 1. The third-order valence-corrected chi connectivity index (χ3v) is 5.26. The van der Waals surface area contributed by atoms with Crippen molar-refractivity contribution in [3.8, 4) is 0 Å². The molecule has 0 spiro atoms. The minimum Gasteiger partial charge on any atom is -0.343 e. The lowest BCUT2D eigenvalue weighted by Crippen LogP contribution is -2.28. The molecule has 0 saturated carbocycles. The zero-order valence-corrected chi connectivity index (χ0v) is 16.6. The van der Waals surface area contributed by atoms with Crippen molar-refractivity contribution in [2.24, 2.45) is 5.10 Å². The van der Waals surface area contributed by atoms with Crippen LogP contribution in [0.3, 0.4) is 0 Å². The molecule has 1 aliphatic heterocycles. The molecule has 1 N–H and O–H groups in total. The maximum atomic E-state index is 12.5. The first kappa shape index (κ1) is 19.1. The normalized spacial score (nSPS) is 14.4. The second-order valence-electron chi connectivity index (χ2n) is 7.36. The Labute approximate surface area is 170 Å². The first-order valence-electron chi connectivity index (χ1n) is 10.1. The van der Waals surface area contributed by atoms with Crippen molar-refractivity contribution in [1.82, 2.24) is 14.9 Å². The van der Waals surface area contributed by atoms with Crippen LogP contribution in [0.5, 0.6) is 0 Å². The Kier molecular flexibility index (Phi) is 5.79. The van der Waals surface area contributed by atoms with Gasteiger partial charge in [0.15, 0.2) is 5.82 Å². The molecule has 1 aliphatic rings. The average molecular weight is 387 g/mol. The van der Waals surface area contributed by atoms with Gasteiger partial charge in [0.25, 0.3) is 0 Å². The third kappa shape index (κ3) is 4.59. The Morgan fingerprint density at radius 1 is 1.03 bits per heavy atom. The first-order valence-corrected chi connectivity index (χ1v) is 10.1. The van der Waals surface area contributed by atoms with Gasteiger partial charge < -0.3 is 4.90 Å². The highest BCUT2D eigenvalue weighted by atomic mass is 16.2. The molecular weight excluding hydrogens is 362 g/mol. The summed E-state index contributed by atoms with van der Waals surface area (Å²) in [6.45, 7) is 3.81. The van der Waals surface area contributed by atoms with Gasteiger partial charge in [0, 0.05) is 31.3 Å². The van der Waals surface area contributed by atoms with Gasteiger partial charge in [-0.15, -0.1) is 0 Å². The summed E-state index contributed by atoms with van der Waals surface area (Å²) in [5.41, 5.74) is 7.02. The predicted octanol–water partition coefficient (Wildman–Crippen LogP) is 4.16. The molecule has 0 radical (unpaired) electrons. The quantitative estimate of drug-likeness (QED) is 0.509. The number of anilines is 1. The number of hydrogen-bond acceptors (Lipinski definition) is 5. The monoisotopic (exact) mass is 387 g/mol. The van der Waals surface area contributed by atoms with E-state index in [1.807, 2.05) is 41.3 Å². The molecule has 6 heteroatoms. The number of hydrazone groups is 1. The molecule has 6 nitrogen and oxygen atoms in total. The molecule has 1 saturated heterocycles. The van der Waals surface area contributed by atoms with E-state index < -0.39 is 0 Å². The van der Waals surface area contributed by atoms with Crippen molar-refractivity contribution < 1.29 is 4.79 Å². The number of nitrogens with zero attached hydrogens (tertiary/aromatic N) is 4. The Morgan fingerprint density at radius 3 is 2.59 bits per heavy atom.